The number of piperidine rings is 1. The first-order chi connectivity index (χ1) is 13.9. The summed E-state index contributed by atoms with van der Waals surface area (Å²) < 4.78 is 48.8. The minimum absolute atomic E-state index is 0.119. The number of fused-ring (bicyclic) bond motifs is 2. The molecule has 2 aliphatic heterocycles. The number of rotatable bonds is 3. The minimum atomic E-state index is -3.90. The Kier molecular flexibility index (Phi) is 4.28. The first-order valence-corrected chi connectivity index (χ1v) is 11.0. The van der Waals surface area contributed by atoms with E-state index in [1.807, 2.05) is 13.0 Å². The Morgan fingerprint density at radius 3 is 2.79 bits per heavy atom. The molecule has 1 aromatic carbocycles. The fraction of sp³-hybridized carbons (Fsp3) is 0.421. The molecule has 1 fully saturated rings. The van der Waals surface area contributed by atoms with Gasteiger partial charge in [-0.2, -0.15) is 9.40 Å². The Hall–Kier alpha value is -2.59. The van der Waals surface area contributed by atoms with E-state index in [1.165, 1.54) is 27.4 Å². The quantitative estimate of drug-likeness (QED) is 0.648. The second kappa shape index (κ2) is 6.74. The van der Waals surface area contributed by atoms with Gasteiger partial charge in [0.25, 0.3) is 0 Å². The predicted octanol–water partition coefficient (Wildman–Crippen LogP) is 2.08. The van der Waals surface area contributed by atoms with Gasteiger partial charge >= 0.3 is 0 Å². The summed E-state index contributed by atoms with van der Waals surface area (Å²) in [6.07, 6.45) is 3.28. The molecule has 2 aliphatic rings. The standard InChI is InChI=1S/C19H20FN5O3S/c1-12-8-18-21-11-22-25(18)23-19(12)13-2-5-24(6-3-13)29(26,27)17-9-14-4-7-28-16(14)10-15(17)20/h8-11,13H,2-7H2,1H3. The van der Waals surface area contributed by atoms with Gasteiger partial charge in [-0.05, 0) is 43.0 Å². The summed E-state index contributed by atoms with van der Waals surface area (Å²) in [5, 5.41) is 8.64. The van der Waals surface area contributed by atoms with Crippen molar-refractivity contribution in [2.24, 2.45) is 0 Å². The van der Waals surface area contributed by atoms with Gasteiger partial charge in [0, 0.05) is 31.5 Å². The van der Waals surface area contributed by atoms with E-state index in [2.05, 4.69) is 15.2 Å². The molecule has 3 aromatic rings. The number of aromatic nitrogens is 4. The van der Waals surface area contributed by atoms with Crippen LogP contribution in [0.15, 0.2) is 29.4 Å². The summed E-state index contributed by atoms with van der Waals surface area (Å²) in [7, 11) is -3.90. The molecule has 0 spiro atoms. The van der Waals surface area contributed by atoms with Crippen LogP contribution in [0.1, 0.15) is 35.6 Å². The van der Waals surface area contributed by atoms with Crippen LogP contribution < -0.4 is 4.74 Å². The van der Waals surface area contributed by atoms with E-state index in [4.69, 9.17) is 4.74 Å². The Morgan fingerprint density at radius 1 is 1.21 bits per heavy atom. The molecule has 5 rings (SSSR count). The number of aryl methyl sites for hydroxylation is 1. The molecular weight excluding hydrogens is 397 g/mol. The zero-order chi connectivity index (χ0) is 20.2. The van der Waals surface area contributed by atoms with Crippen LogP contribution in [-0.2, 0) is 16.4 Å². The van der Waals surface area contributed by atoms with Gasteiger partial charge < -0.3 is 4.74 Å². The van der Waals surface area contributed by atoms with Crippen LogP contribution >= 0.6 is 0 Å². The fourth-order valence-corrected chi connectivity index (χ4v) is 5.72. The van der Waals surface area contributed by atoms with E-state index < -0.39 is 15.8 Å². The fourth-order valence-electron chi connectivity index (χ4n) is 4.15. The van der Waals surface area contributed by atoms with Crippen LogP contribution in [0.3, 0.4) is 0 Å². The summed E-state index contributed by atoms with van der Waals surface area (Å²) in [5.74, 6) is -0.208. The van der Waals surface area contributed by atoms with Crippen LogP contribution in [0, 0.1) is 12.7 Å². The van der Waals surface area contributed by atoms with Crippen LogP contribution in [-0.4, -0.2) is 52.2 Å². The lowest BCUT2D eigenvalue weighted by molar-refractivity contribution is 0.313. The van der Waals surface area contributed by atoms with E-state index in [0.29, 0.717) is 50.4 Å². The second-order valence-corrected chi connectivity index (χ2v) is 9.39. The smallest absolute Gasteiger partial charge is 0.245 e. The maximum atomic E-state index is 14.5. The van der Waals surface area contributed by atoms with Crippen molar-refractivity contribution in [3.8, 4) is 5.75 Å². The summed E-state index contributed by atoms with van der Waals surface area (Å²) in [5.41, 5.74) is 3.33. The summed E-state index contributed by atoms with van der Waals surface area (Å²) in [6.45, 7) is 3.06. The van der Waals surface area contributed by atoms with E-state index >= 15 is 0 Å². The molecule has 0 N–H and O–H groups in total. The Bertz CT molecular complexity index is 1200. The van der Waals surface area contributed by atoms with Gasteiger partial charge in [-0.25, -0.2) is 17.8 Å². The Morgan fingerprint density at radius 2 is 2.00 bits per heavy atom. The summed E-state index contributed by atoms with van der Waals surface area (Å²) >= 11 is 0. The molecule has 2 aromatic heterocycles. The van der Waals surface area contributed by atoms with Crippen molar-refractivity contribution in [3.63, 3.8) is 0 Å². The van der Waals surface area contributed by atoms with Crippen LogP contribution in [0.4, 0.5) is 4.39 Å². The zero-order valence-electron chi connectivity index (χ0n) is 15.9. The molecule has 0 aliphatic carbocycles. The van der Waals surface area contributed by atoms with Crippen molar-refractivity contribution in [1.82, 2.24) is 24.1 Å². The van der Waals surface area contributed by atoms with E-state index in [1.54, 1.807) is 0 Å². The molecular formula is C19H20FN5O3S. The maximum Gasteiger partial charge on any atom is 0.245 e. The number of halogens is 1. The number of hydrogen-bond donors (Lipinski definition) is 0. The van der Waals surface area contributed by atoms with Gasteiger partial charge in [-0.15, -0.1) is 9.73 Å². The molecule has 29 heavy (non-hydrogen) atoms. The molecule has 0 bridgehead atoms. The maximum absolute atomic E-state index is 14.5. The van der Waals surface area contributed by atoms with Gasteiger partial charge in [-0.3, -0.25) is 0 Å². The molecule has 0 amide bonds. The number of nitrogens with zero attached hydrogens (tertiary/aromatic N) is 5. The van der Waals surface area contributed by atoms with Crippen molar-refractivity contribution in [1.29, 1.82) is 0 Å². The Balaban J connectivity index is 1.38. The van der Waals surface area contributed by atoms with Crippen LogP contribution in [0.2, 0.25) is 0 Å². The lowest BCUT2D eigenvalue weighted by Gasteiger charge is -2.31. The molecule has 0 saturated carbocycles. The van der Waals surface area contributed by atoms with Crippen LogP contribution in [0.25, 0.3) is 5.65 Å². The SMILES string of the molecule is Cc1cc2ncnn2nc1C1CCN(S(=O)(=O)c2cc3c(cc2F)OCC3)CC1. The first-order valence-electron chi connectivity index (χ1n) is 9.56. The first kappa shape index (κ1) is 18.4. The van der Waals surface area contributed by atoms with Gasteiger partial charge in [0.2, 0.25) is 10.0 Å². The third-order valence-electron chi connectivity index (χ3n) is 5.71. The van der Waals surface area contributed by atoms with Gasteiger partial charge in [0.1, 0.15) is 22.8 Å². The topological polar surface area (TPSA) is 89.7 Å². The molecule has 10 heteroatoms. The Labute approximate surface area is 167 Å². The van der Waals surface area contributed by atoms with E-state index in [-0.39, 0.29) is 10.8 Å². The average Bonchev–Trinajstić information content (AvgIpc) is 3.35. The van der Waals surface area contributed by atoms with Gasteiger partial charge in [-0.1, -0.05) is 0 Å². The number of hydrogen-bond acceptors (Lipinski definition) is 6. The number of ether oxygens (including phenoxy) is 1. The molecule has 0 radical (unpaired) electrons. The highest BCUT2D eigenvalue weighted by Gasteiger charge is 2.34. The van der Waals surface area contributed by atoms with E-state index in [0.717, 1.165) is 16.8 Å². The lowest BCUT2D eigenvalue weighted by atomic mass is 9.92. The third kappa shape index (κ3) is 3.06. The van der Waals surface area contributed by atoms with Gasteiger partial charge in [0.05, 0.1) is 12.3 Å². The largest absolute Gasteiger partial charge is 0.493 e. The van der Waals surface area contributed by atoms with Gasteiger partial charge in [0.15, 0.2) is 5.65 Å². The lowest BCUT2D eigenvalue weighted by Crippen LogP contribution is -2.38. The van der Waals surface area contributed by atoms with Crippen molar-refractivity contribution in [2.45, 2.75) is 37.0 Å². The minimum Gasteiger partial charge on any atom is -0.493 e. The molecule has 0 unspecified atom stereocenters. The van der Waals surface area contributed by atoms with Crippen molar-refractivity contribution < 1.29 is 17.5 Å². The van der Waals surface area contributed by atoms with Crippen molar-refractivity contribution in [3.05, 3.63) is 47.2 Å². The highest BCUT2D eigenvalue weighted by atomic mass is 32.2. The molecule has 152 valence electrons. The monoisotopic (exact) mass is 417 g/mol. The predicted molar refractivity (Wildman–Crippen MR) is 102 cm³/mol. The second-order valence-electron chi connectivity index (χ2n) is 7.49. The van der Waals surface area contributed by atoms with Crippen molar-refractivity contribution >= 4 is 15.7 Å². The number of sulfonamides is 1. The molecule has 8 nitrogen and oxygen atoms in total. The summed E-state index contributed by atoms with van der Waals surface area (Å²) in [6, 6.07) is 4.53. The normalized spacial score (nSPS) is 18.1. The van der Waals surface area contributed by atoms with Crippen LogP contribution in [0.5, 0.6) is 5.75 Å². The number of benzene rings is 1. The average molecular weight is 417 g/mol. The molecule has 0 atom stereocenters. The highest BCUT2D eigenvalue weighted by molar-refractivity contribution is 7.89. The zero-order valence-corrected chi connectivity index (χ0v) is 16.7. The van der Waals surface area contributed by atoms with Crippen molar-refractivity contribution in [2.75, 3.05) is 19.7 Å². The molecule has 1 saturated heterocycles. The summed E-state index contributed by atoms with van der Waals surface area (Å²) in [4.78, 5) is 3.87. The highest BCUT2D eigenvalue weighted by Crippen LogP contribution is 2.34. The molecule has 4 heterocycles. The van der Waals surface area contributed by atoms with E-state index in [9.17, 15) is 12.8 Å². The third-order valence-corrected chi connectivity index (χ3v) is 7.62.